The Bertz CT molecular complexity index is 346. The molecular formula is C13H20N2O. The monoisotopic (exact) mass is 220 g/mol. The average molecular weight is 220 g/mol. The molecular weight excluding hydrogens is 200 g/mol. The quantitative estimate of drug-likeness (QED) is 0.765. The minimum absolute atomic E-state index is 0.211. The van der Waals surface area contributed by atoms with Gasteiger partial charge in [-0.3, -0.25) is 0 Å². The smallest absolute Gasteiger partial charge is 0.0483 e. The minimum atomic E-state index is 0.211. The minimum Gasteiger partial charge on any atom is -0.399 e. The number of nitrogen functional groups attached to an aromatic ring is 1. The fourth-order valence-electron chi connectivity index (χ4n) is 2.02. The molecule has 16 heavy (non-hydrogen) atoms. The molecule has 0 bridgehead atoms. The molecule has 1 heterocycles. The number of hydrogen-bond acceptors (Lipinski definition) is 3. The molecule has 3 heteroatoms. The number of benzene rings is 1. The van der Waals surface area contributed by atoms with Gasteiger partial charge in [-0.05, 0) is 37.5 Å². The summed E-state index contributed by atoms with van der Waals surface area (Å²) in [6.07, 6.45) is 2.16. The summed E-state index contributed by atoms with van der Waals surface area (Å²) in [6.45, 7) is 4.87. The van der Waals surface area contributed by atoms with Gasteiger partial charge in [0.25, 0.3) is 0 Å². The zero-order chi connectivity index (χ0) is 11.4. The molecule has 0 radical (unpaired) electrons. The molecule has 1 aliphatic heterocycles. The third-order valence-electron chi connectivity index (χ3n) is 3.27. The summed E-state index contributed by atoms with van der Waals surface area (Å²) in [5, 5.41) is 3.61. The predicted molar refractivity (Wildman–Crippen MR) is 66.2 cm³/mol. The van der Waals surface area contributed by atoms with Gasteiger partial charge in [0.05, 0.1) is 0 Å². The van der Waals surface area contributed by atoms with E-state index in [1.165, 1.54) is 5.56 Å². The first-order chi connectivity index (χ1) is 7.68. The van der Waals surface area contributed by atoms with Crippen molar-refractivity contribution in [2.75, 3.05) is 18.9 Å². The van der Waals surface area contributed by atoms with E-state index < -0.39 is 0 Å². The highest BCUT2D eigenvalue weighted by Crippen LogP contribution is 2.20. The number of ether oxygens (including phenoxy) is 1. The van der Waals surface area contributed by atoms with Crippen LogP contribution in [0.25, 0.3) is 0 Å². The Hall–Kier alpha value is -1.06. The van der Waals surface area contributed by atoms with Crippen molar-refractivity contribution in [3.8, 4) is 0 Å². The summed E-state index contributed by atoms with van der Waals surface area (Å²) >= 11 is 0. The molecule has 0 saturated carbocycles. The fourth-order valence-corrected chi connectivity index (χ4v) is 2.02. The topological polar surface area (TPSA) is 47.3 Å². The van der Waals surface area contributed by atoms with Crippen LogP contribution in [0.3, 0.4) is 0 Å². The first-order valence-corrected chi connectivity index (χ1v) is 5.85. The molecule has 0 aliphatic carbocycles. The maximum atomic E-state index is 5.75. The van der Waals surface area contributed by atoms with Crippen molar-refractivity contribution in [3.63, 3.8) is 0 Å². The zero-order valence-electron chi connectivity index (χ0n) is 9.83. The molecule has 1 saturated heterocycles. The Morgan fingerprint density at radius 2 is 2.12 bits per heavy atom. The molecule has 3 nitrogen and oxygen atoms in total. The second-order valence-corrected chi connectivity index (χ2v) is 4.77. The lowest BCUT2D eigenvalue weighted by Crippen LogP contribution is -2.46. The van der Waals surface area contributed by atoms with Crippen LogP contribution in [0.5, 0.6) is 0 Å². The summed E-state index contributed by atoms with van der Waals surface area (Å²) in [5.41, 5.74) is 8.04. The summed E-state index contributed by atoms with van der Waals surface area (Å²) in [6, 6.07) is 8.04. The summed E-state index contributed by atoms with van der Waals surface area (Å²) in [7, 11) is 0. The molecule has 1 aliphatic rings. The molecule has 0 unspecified atom stereocenters. The molecule has 0 atom stereocenters. The first kappa shape index (κ1) is 11.4. The highest BCUT2D eigenvalue weighted by Gasteiger charge is 2.26. The number of hydrogen-bond donors (Lipinski definition) is 2. The number of rotatable bonds is 3. The van der Waals surface area contributed by atoms with Crippen LogP contribution < -0.4 is 11.1 Å². The summed E-state index contributed by atoms with van der Waals surface area (Å²) in [5.74, 6) is 0. The van der Waals surface area contributed by atoms with Crippen molar-refractivity contribution >= 4 is 5.69 Å². The van der Waals surface area contributed by atoms with Gasteiger partial charge in [0, 0.05) is 31.0 Å². The second kappa shape index (κ2) is 4.85. The Morgan fingerprint density at radius 1 is 1.38 bits per heavy atom. The van der Waals surface area contributed by atoms with Gasteiger partial charge < -0.3 is 15.8 Å². The van der Waals surface area contributed by atoms with Gasteiger partial charge >= 0.3 is 0 Å². The van der Waals surface area contributed by atoms with Crippen LogP contribution >= 0.6 is 0 Å². The predicted octanol–water partition coefficient (Wildman–Crippen LogP) is 1.93. The van der Waals surface area contributed by atoms with Crippen molar-refractivity contribution < 1.29 is 4.74 Å². The van der Waals surface area contributed by atoms with E-state index in [1.54, 1.807) is 0 Å². The molecule has 1 fully saturated rings. The van der Waals surface area contributed by atoms with Crippen LogP contribution in [-0.4, -0.2) is 18.8 Å². The van der Waals surface area contributed by atoms with Gasteiger partial charge in [-0.25, -0.2) is 0 Å². The van der Waals surface area contributed by atoms with Crippen LogP contribution in [0.15, 0.2) is 24.3 Å². The van der Waals surface area contributed by atoms with Crippen LogP contribution in [0.4, 0.5) is 5.69 Å². The zero-order valence-corrected chi connectivity index (χ0v) is 9.83. The molecule has 0 aromatic heterocycles. The number of nitrogens with two attached hydrogens (primary N) is 1. The van der Waals surface area contributed by atoms with Gasteiger partial charge in [-0.15, -0.1) is 0 Å². The maximum Gasteiger partial charge on any atom is 0.0483 e. The van der Waals surface area contributed by atoms with Gasteiger partial charge in [0.2, 0.25) is 0 Å². The van der Waals surface area contributed by atoms with Crippen molar-refractivity contribution in [1.29, 1.82) is 0 Å². The lowest BCUT2D eigenvalue weighted by molar-refractivity contribution is 0.0446. The Morgan fingerprint density at radius 3 is 2.81 bits per heavy atom. The van der Waals surface area contributed by atoms with Gasteiger partial charge in [0.15, 0.2) is 0 Å². The van der Waals surface area contributed by atoms with E-state index in [0.717, 1.165) is 38.3 Å². The van der Waals surface area contributed by atoms with E-state index in [9.17, 15) is 0 Å². The van der Waals surface area contributed by atoms with E-state index in [4.69, 9.17) is 10.5 Å². The molecule has 3 N–H and O–H groups in total. The number of nitrogens with one attached hydrogen (secondary N) is 1. The van der Waals surface area contributed by atoms with E-state index >= 15 is 0 Å². The Balaban J connectivity index is 1.91. The van der Waals surface area contributed by atoms with Crippen molar-refractivity contribution in [2.45, 2.75) is 31.8 Å². The molecule has 0 amide bonds. The SMILES string of the molecule is CC1(NCc2cccc(N)c2)CCOCC1. The Labute approximate surface area is 97.0 Å². The normalized spacial score (nSPS) is 19.6. The maximum absolute atomic E-state index is 5.75. The van der Waals surface area contributed by atoms with E-state index in [0.29, 0.717) is 0 Å². The molecule has 2 rings (SSSR count). The van der Waals surface area contributed by atoms with Crippen molar-refractivity contribution in [3.05, 3.63) is 29.8 Å². The molecule has 1 aromatic carbocycles. The van der Waals surface area contributed by atoms with Gasteiger partial charge in [-0.1, -0.05) is 12.1 Å². The molecule has 1 aromatic rings. The van der Waals surface area contributed by atoms with Crippen LogP contribution in [0.1, 0.15) is 25.3 Å². The summed E-state index contributed by atoms with van der Waals surface area (Å²) in [4.78, 5) is 0. The fraction of sp³-hybridized carbons (Fsp3) is 0.538. The van der Waals surface area contributed by atoms with Crippen LogP contribution in [-0.2, 0) is 11.3 Å². The van der Waals surface area contributed by atoms with Crippen molar-refractivity contribution in [2.24, 2.45) is 0 Å². The summed E-state index contributed by atoms with van der Waals surface area (Å²) < 4.78 is 5.38. The van der Waals surface area contributed by atoms with Gasteiger partial charge in [-0.2, -0.15) is 0 Å². The largest absolute Gasteiger partial charge is 0.399 e. The molecule has 0 spiro atoms. The first-order valence-electron chi connectivity index (χ1n) is 5.85. The van der Waals surface area contributed by atoms with Crippen molar-refractivity contribution in [1.82, 2.24) is 5.32 Å². The van der Waals surface area contributed by atoms with Crippen LogP contribution in [0.2, 0.25) is 0 Å². The van der Waals surface area contributed by atoms with Gasteiger partial charge in [0.1, 0.15) is 0 Å². The standard InChI is InChI=1S/C13H20N2O/c1-13(5-7-16-8-6-13)15-10-11-3-2-4-12(14)9-11/h2-4,9,15H,5-8,10,14H2,1H3. The highest BCUT2D eigenvalue weighted by molar-refractivity contribution is 5.40. The van der Waals surface area contributed by atoms with E-state index in [1.807, 2.05) is 18.2 Å². The lowest BCUT2D eigenvalue weighted by atomic mass is 9.92. The van der Waals surface area contributed by atoms with Crippen LogP contribution in [0, 0.1) is 0 Å². The molecule has 88 valence electrons. The average Bonchev–Trinajstić information content (AvgIpc) is 2.28. The Kier molecular flexibility index (Phi) is 3.46. The third kappa shape index (κ3) is 2.97. The third-order valence-corrected chi connectivity index (χ3v) is 3.27. The van der Waals surface area contributed by atoms with E-state index in [2.05, 4.69) is 18.3 Å². The highest BCUT2D eigenvalue weighted by atomic mass is 16.5. The van der Waals surface area contributed by atoms with E-state index in [-0.39, 0.29) is 5.54 Å². The number of anilines is 1. The second-order valence-electron chi connectivity index (χ2n) is 4.77. The lowest BCUT2D eigenvalue weighted by Gasteiger charge is -2.34.